The van der Waals surface area contributed by atoms with Crippen molar-refractivity contribution in [3.63, 3.8) is 0 Å². The number of nitrogens with zero attached hydrogens (tertiary/aromatic N) is 2. The number of urea groups is 1. The highest BCUT2D eigenvalue weighted by Crippen LogP contribution is 2.36. The fraction of sp³-hybridized carbons (Fsp3) is 0.150. The van der Waals surface area contributed by atoms with Crippen LogP contribution in [0.3, 0.4) is 0 Å². The summed E-state index contributed by atoms with van der Waals surface area (Å²) in [4.78, 5) is 24.0. The summed E-state index contributed by atoms with van der Waals surface area (Å²) in [7, 11) is 0. The summed E-state index contributed by atoms with van der Waals surface area (Å²) in [5.41, 5.74) is -0.596. The van der Waals surface area contributed by atoms with Crippen LogP contribution in [-0.4, -0.2) is 28.3 Å². The molecular formula is C20H17BrF3N5O2. The summed E-state index contributed by atoms with van der Waals surface area (Å²) >= 11 is 3.28. The predicted molar refractivity (Wildman–Crippen MR) is 113 cm³/mol. The molecule has 3 aromatic rings. The minimum absolute atomic E-state index is 0.0546. The zero-order valence-corrected chi connectivity index (χ0v) is 17.5. The lowest BCUT2D eigenvalue weighted by Crippen LogP contribution is -2.31. The molecule has 7 nitrogen and oxygen atoms in total. The van der Waals surface area contributed by atoms with Gasteiger partial charge in [0.2, 0.25) is 5.91 Å². The van der Waals surface area contributed by atoms with Crippen LogP contribution < -0.4 is 16.0 Å². The molecule has 0 saturated carbocycles. The SMILES string of the molecule is O=C(CCNC(=O)Nc1ccc(Br)cc1)Nc1ccc(-n2cccn2)cc1C(F)(F)F. The van der Waals surface area contributed by atoms with E-state index in [1.807, 2.05) is 0 Å². The Bertz CT molecular complexity index is 1050. The summed E-state index contributed by atoms with van der Waals surface area (Å²) in [6.07, 6.45) is -1.91. The third kappa shape index (κ3) is 6.32. The standard InChI is InChI=1S/C20H17BrF3N5O2/c21-13-2-4-14(5-3-13)27-19(31)25-10-8-18(30)28-17-7-6-15(29-11-1-9-26-29)12-16(17)20(22,23)24/h1-7,9,11-12H,8,10H2,(H,28,30)(H2,25,27,31). The molecule has 0 aliphatic carbocycles. The highest BCUT2D eigenvalue weighted by molar-refractivity contribution is 9.10. The lowest BCUT2D eigenvalue weighted by molar-refractivity contribution is -0.137. The molecule has 0 bridgehead atoms. The average Bonchev–Trinajstić information content (AvgIpc) is 3.24. The van der Waals surface area contributed by atoms with Crippen LogP contribution in [0, 0.1) is 0 Å². The Labute approximate surface area is 183 Å². The molecular weight excluding hydrogens is 479 g/mol. The summed E-state index contributed by atoms with van der Waals surface area (Å²) in [5, 5.41) is 11.2. The molecule has 0 spiro atoms. The lowest BCUT2D eigenvalue weighted by atomic mass is 10.1. The van der Waals surface area contributed by atoms with E-state index in [2.05, 4.69) is 37.0 Å². The number of alkyl halides is 3. The number of aromatic nitrogens is 2. The van der Waals surface area contributed by atoms with Crippen molar-refractivity contribution >= 4 is 39.2 Å². The van der Waals surface area contributed by atoms with Gasteiger partial charge in [0, 0.05) is 35.5 Å². The van der Waals surface area contributed by atoms with Gasteiger partial charge in [0.1, 0.15) is 0 Å². The number of halogens is 4. The van der Waals surface area contributed by atoms with E-state index < -0.39 is 23.7 Å². The maximum absolute atomic E-state index is 13.5. The molecule has 1 heterocycles. The molecule has 0 atom stereocenters. The zero-order chi connectivity index (χ0) is 22.4. The van der Waals surface area contributed by atoms with Gasteiger partial charge >= 0.3 is 12.2 Å². The Morgan fingerprint density at radius 1 is 1.06 bits per heavy atom. The number of carbonyl (C=O) groups is 2. The van der Waals surface area contributed by atoms with E-state index in [0.717, 1.165) is 10.5 Å². The first kappa shape index (κ1) is 22.3. The summed E-state index contributed by atoms with van der Waals surface area (Å²) in [6.45, 7) is -0.0546. The Balaban J connectivity index is 1.57. The van der Waals surface area contributed by atoms with E-state index in [0.29, 0.717) is 5.69 Å². The van der Waals surface area contributed by atoms with Crippen molar-refractivity contribution in [3.8, 4) is 5.69 Å². The van der Waals surface area contributed by atoms with E-state index in [-0.39, 0.29) is 24.3 Å². The molecule has 0 aliphatic rings. The van der Waals surface area contributed by atoms with Gasteiger partial charge < -0.3 is 16.0 Å². The molecule has 31 heavy (non-hydrogen) atoms. The fourth-order valence-electron chi connectivity index (χ4n) is 2.65. The van der Waals surface area contributed by atoms with Gasteiger partial charge in [0.05, 0.1) is 16.9 Å². The molecule has 0 saturated heterocycles. The number of carbonyl (C=O) groups excluding carboxylic acids is 2. The summed E-state index contributed by atoms with van der Waals surface area (Å²) in [5.74, 6) is -0.665. The normalized spacial score (nSPS) is 11.1. The van der Waals surface area contributed by atoms with Gasteiger partial charge in [-0.2, -0.15) is 18.3 Å². The summed E-state index contributed by atoms with van der Waals surface area (Å²) in [6, 6.07) is 11.4. The minimum Gasteiger partial charge on any atom is -0.337 e. The Morgan fingerprint density at radius 2 is 1.81 bits per heavy atom. The molecule has 162 valence electrons. The second kappa shape index (κ2) is 9.65. The van der Waals surface area contributed by atoms with Crippen LogP contribution in [0.15, 0.2) is 65.4 Å². The van der Waals surface area contributed by atoms with E-state index >= 15 is 0 Å². The van der Waals surface area contributed by atoms with Gasteiger partial charge in [-0.25, -0.2) is 9.48 Å². The maximum atomic E-state index is 13.5. The van der Waals surface area contributed by atoms with Gasteiger partial charge in [-0.05, 0) is 48.5 Å². The molecule has 0 aliphatic heterocycles. The number of nitrogens with one attached hydrogen (secondary N) is 3. The van der Waals surface area contributed by atoms with Crippen molar-refractivity contribution in [1.29, 1.82) is 0 Å². The van der Waals surface area contributed by atoms with Gasteiger partial charge in [-0.3, -0.25) is 4.79 Å². The van der Waals surface area contributed by atoms with Crippen LogP contribution in [0.4, 0.5) is 29.3 Å². The second-order valence-corrected chi connectivity index (χ2v) is 7.28. The van der Waals surface area contributed by atoms with Crippen LogP contribution in [0.25, 0.3) is 5.69 Å². The van der Waals surface area contributed by atoms with Crippen molar-refractivity contribution in [2.75, 3.05) is 17.2 Å². The lowest BCUT2D eigenvalue weighted by Gasteiger charge is -2.15. The van der Waals surface area contributed by atoms with Gasteiger partial charge in [0.15, 0.2) is 0 Å². The monoisotopic (exact) mass is 495 g/mol. The Morgan fingerprint density at radius 3 is 2.45 bits per heavy atom. The number of hydrogen-bond donors (Lipinski definition) is 3. The minimum atomic E-state index is -4.67. The first-order valence-corrected chi connectivity index (χ1v) is 9.83. The number of amides is 3. The van der Waals surface area contributed by atoms with Crippen LogP contribution >= 0.6 is 15.9 Å². The summed E-state index contributed by atoms with van der Waals surface area (Å²) < 4.78 is 42.5. The topological polar surface area (TPSA) is 88.0 Å². The van der Waals surface area contributed by atoms with E-state index in [1.54, 1.807) is 30.3 Å². The number of rotatable bonds is 6. The van der Waals surface area contributed by atoms with Crippen molar-refractivity contribution in [2.24, 2.45) is 0 Å². The van der Waals surface area contributed by atoms with Crippen LogP contribution in [0.2, 0.25) is 0 Å². The Kier molecular flexibility index (Phi) is 6.95. The molecule has 1 aromatic heterocycles. The van der Waals surface area contributed by atoms with Gasteiger partial charge in [-0.15, -0.1) is 0 Å². The number of hydrogen-bond acceptors (Lipinski definition) is 3. The molecule has 3 amide bonds. The smallest absolute Gasteiger partial charge is 0.337 e. The molecule has 3 N–H and O–H groups in total. The van der Waals surface area contributed by atoms with Crippen molar-refractivity contribution in [3.05, 3.63) is 71.0 Å². The molecule has 3 rings (SSSR count). The van der Waals surface area contributed by atoms with Crippen LogP contribution in [-0.2, 0) is 11.0 Å². The zero-order valence-electron chi connectivity index (χ0n) is 15.9. The molecule has 11 heteroatoms. The van der Waals surface area contributed by atoms with Crippen molar-refractivity contribution < 1.29 is 22.8 Å². The quantitative estimate of drug-likeness (QED) is 0.458. The third-order valence-corrected chi connectivity index (χ3v) is 4.62. The molecule has 0 fully saturated rings. The molecule has 0 radical (unpaired) electrons. The first-order valence-electron chi connectivity index (χ1n) is 9.04. The van der Waals surface area contributed by atoms with Crippen molar-refractivity contribution in [2.45, 2.75) is 12.6 Å². The Hall–Kier alpha value is -3.34. The van der Waals surface area contributed by atoms with Crippen LogP contribution in [0.5, 0.6) is 0 Å². The van der Waals surface area contributed by atoms with E-state index in [9.17, 15) is 22.8 Å². The van der Waals surface area contributed by atoms with Crippen LogP contribution in [0.1, 0.15) is 12.0 Å². The average molecular weight is 496 g/mol. The van der Waals surface area contributed by atoms with E-state index in [1.165, 1.54) is 29.2 Å². The predicted octanol–water partition coefficient (Wildman–Crippen LogP) is 4.80. The van der Waals surface area contributed by atoms with Gasteiger partial charge in [-0.1, -0.05) is 15.9 Å². The molecule has 0 unspecified atom stereocenters. The van der Waals surface area contributed by atoms with E-state index in [4.69, 9.17) is 0 Å². The number of anilines is 2. The highest BCUT2D eigenvalue weighted by Gasteiger charge is 2.34. The maximum Gasteiger partial charge on any atom is 0.418 e. The van der Waals surface area contributed by atoms with Crippen molar-refractivity contribution in [1.82, 2.24) is 15.1 Å². The number of benzene rings is 2. The third-order valence-electron chi connectivity index (χ3n) is 4.09. The second-order valence-electron chi connectivity index (χ2n) is 6.36. The highest BCUT2D eigenvalue weighted by atomic mass is 79.9. The van der Waals surface area contributed by atoms with Gasteiger partial charge in [0.25, 0.3) is 0 Å². The first-order chi connectivity index (χ1) is 14.7. The molecule has 2 aromatic carbocycles. The largest absolute Gasteiger partial charge is 0.418 e. The fourth-order valence-corrected chi connectivity index (χ4v) is 2.91.